The topological polar surface area (TPSA) is 52.0 Å². The van der Waals surface area contributed by atoms with Crippen LogP contribution in [0.4, 0.5) is 0 Å². The summed E-state index contributed by atoms with van der Waals surface area (Å²) < 4.78 is 1.16. The molecular formula is C12H8Cl2N2O2. The van der Waals surface area contributed by atoms with Crippen LogP contribution in [0.3, 0.4) is 0 Å². The Morgan fingerprint density at radius 3 is 2.78 bits per heavy atom. The molecule has 1 aromatic heterocycles. The van der Waals surface area contributed by atoms with Crippen molar-refractivity contribution in [1.29, 1.82) is 0 Å². The number of ketones is 1. The number of carbonyl (C=O) groups excluding carboxylic acids is 1. The first kappa shape index (κ1) is 12.8. The Hall–Kier alpha value is -1.65. The van der Waals surface area contributed by atoms with E-state index in [0.717, 1.165) is 4.57 Å². The fourth-order valence-corrected chi connectivity index (χ4v) is 1.81. The third-order valence-electron chi connectivity index (χ3n) is 2.28. The average Bonchev–Trinajstić information content (AvgIpc) is 2.34. The normalized spacial score (nSPS) is 10.3. The van der Waals surface area contributed by atoms with E-state index in [1.807, 2.05) is 0 Å². The van der Waals surface area contributed by atoms with Crippen molar-refractivity contribution in [3.8, 4) is 0 Å². The maximum absolute atomic E-state index is 11.9. The molecule has 18 heavy (non-hydrogen) atoms. The number of hydrogen-bond acceptors (Lipinski definition) is 3. The highest BCUT2D eigenvalue weighted by molar-refractivity contribution is 6.31. The van der Waals surface area contributed by atoms with Crippen LogP contribution >= 0.6 is 23.2 Å². The summed E-state index contributed by atoms with van der Waals surface area (Å²) in [5, 5.41) is 0.769. The molecule has 0 N–H and O–H groups in total. The number of halogens is 2. The van der Waals surface area contributed by atoms with Crippen molar-refractivity contribution < 1.29 is 4.79 Å². The Labute approximate surface area is 113 Å². The zero-order valence-corrected chi connectivity index (χ0v) is 10.6. The number of carbonyl (C=O) groups is 1. The van der Waals surface area contributed by atoms with Gasteiger partial charge in [0, 0.05) is 16.8 Å². The lowest BCUT2D eigenvalue weighted by atomic mass is 10.1. The minimum atomic E-state index is -0.519. The second kappa shape index (κ2) is 5.33. The maximum atomic E-state index is 11.9. The number of aromatic nitrogens is 2. The van der Waals surface area contributed by atoms with Crippen molar-refractivity contribution in [2.24, 2.45) is 0 Å². The molecule has 0 radical (unpaired) electrons. The largest absolute Gasteiger partial charge is 0.348 e. The van der Waals surface area contributed by atoms with E-state index in [1.54, 1.807) is 24.3 Å². The lowest BCUT2D eigenvalue weighted by Gasteiger charge is -2.04. The van der Waals surface area contributed by atoms with E-state index >= 15 is 0 Å². The number of rotatable bonds is 3. The van der Waals surface area contributed by atoms with E-state index in [9.17, 15) is 9.59 Å². The Morgan fingerprint density at radius 1 is 1.28 bits per heavy atom. The predicted octanol–water partition coefficient (Wildman–Crippen LogP) is 2.43. The quantitative estimate of drug-likeness (QED) is 0.813. The van der Waals surface area contributed by atoms with E-state index in [2.05, 4.69) is 4.98 Å². The average molecular weight is 283 g/mol. The fourth-order valence-electron chi connectivity index (χ4n) is 1.45. The Morgan fingerprint density at radius 2 is 2.06 bits per heavy atom. The van der Waals surface area contributed by atoms with Crippen LogP contribution in [0.2, 0.25) is 10.0 Å². The molecule has 0 bridgehead atoms. The van der Waals surface area contributed by atoms with Gasteiger partial charge < -0.3 is 0 Å². The van der Waals surface area contributed by atoms with Crippen LogP contribution in [-0.4, -0.2) is 15.3 Å². The third-order valence-corrected chi connectivity index (χ3v) is 2.71. The Bertz CT molecular complexity index is 653. The number of hydrogen-bond donors (Lipinski definition) is 0. The summed E-state index contributed by atoms with van der Waals surface area (Å²) in [4.78, 5) is 26.9. The standard InChI is InChI=1S/C12H8Cl2N2O2/c13-9-3-1-2-8(4-9)11(17)7-16-6-10(14)5-15-12(16)18/h1-6H,7H2. The van der Waals surface area contributed by atoms with Crippen LogP contribution in [0.5, 0.6) is 0 Å². The van der Waals surface area contributed by atoms with Gasteiger partial charge in [0.25, 0.3) is 0 Å². The zero-order chi connectivity index (χ0) is 13.1. The molecular weight excluding hydrogens is 275 g/mol. The van der Waals surface area contributed by atoms with Crippen molar-refractivity contribution in [1.82, 2.24) is 9.55 Å². The molecule has 1 heterocycles. The molecule has 6 heteroatoms. The van der Waals surface area contributed by atoms with Crippen LogP contribution in [0, 0.1) is 0 Å². The minimum Gasteiger partial charge on any atom is -0.292 e. The van der Waals surface area contributed by atoms with Gasteiger partial charge in [-0.05, 0) is 12.1 Å². The van der Waals surface area contributed by atoms with E-state index in [1.165, 1.54) is 12.4 Å². The highest BCUT2D eigenvalue weighted by Gasteiger charge is 2.09. The molecule has 0 aliphatic rings. The molecule has 0 saturated carbocycles. The van der Waals surface area contributed by atoms with Crippen LogP contribution < -0.4 is 5.69 Å². The molecule has 0 fully saturated rings. The van der Waals surface area contributed by atoms with E-state index in [4.69, 9.17) is 23.2 Å². The molecule has 4 nitrogen and oxygen atoms in total. The van der Waals surface area contributed by atoms with Gasteiger partial charge in [-0.1, -0.05) is 35.3 Å². The second-order valence-electron chi connectivity index (χ2n) is 3.62. The van der Waals surface area contributed by atoms with E-state index < -0.39 is 5.69 Å². The summed E-state index contributed by atoms with van der Waals surface area (Å²) in [6, 6.07) is 6.53. The molecule has 0 saturated heterocycles. The van der Waals surface area contributed by atoms with E-state index in [-0.39, 0.29) is 12.3 Å². The van der Waals surface area contributed by atoms with Gasteiger partial charge in [-0.3, -0.25) is 9.36 Å². The molecule has 0 amide bonds. The smallest absolute Gasteiger partial charge is 0.292 e. The van der Waals surface area contributed by atoms with Gasteiger partial charge in [0.05, 0.1) is 17.8 Å². The summed E-state index contributed by atoms with van der Waals surface area (Å²) in [6.45, 7) is -0.118. The van der Waals surface area contributed by atoms with Gasteiger partial charge in [-0.15, -0.1) is 0 Å². The molecule has 2 aromatic rings. The van der Waals surface area contributed by atoms with Crippen molar-refractivity contribution in [2.75, 3.05) is 0 Å². The molecule has 0 unspecified atom stereocenters. The van der Waals surface area contributed by atoms with Gasteiger partial charge in [0.1, 0.15) is 0 Å². The molecule has 1 aromatic carbocycles. The lowest BCUT2D eigenvalue weighted by Crippen LogP contribution is -2.25. The molecule has 0 aliphatic carbocycles. The first-order chi connectivity index (χ1) is 8.56. The van der Waals surface area contributed by atoms with Crippen LogP contribution in [-0.2, 0) is 6.54 Å². The summed E-state index contributed by atoms with van der Waals surface area (Å²) in [6.07, 6.45) is 2.61. The Kier molecular flexibility index (Phi) is 3.79. The molecule has 0 atom stereocenters. The fraction of sp³-hybridized carbons (Fsp3) is 0.0833. The SMILES string of the molecule is O=C(Cn1cc(Cl)cnc1=O)c1cccc(Cl)c1. The monoisotopic (exact) mass is 282 g/mol. The van der Waals surface area contributed by atoms with Crippen LogP contribution in [0.15, 0.2) is 41.5 Å². The van der Waals surface area contributed by atoms with Crippen molar-refractivity contribution in [2.45, 2.75) is 6.54 Å². The van der Waals surface area contributed by atoms with Gasteiger partial charge in [-0.2, -0.15) is 0 Å². The maximum Gasteiger partial charge on any atom is 0.348 e. The summed E-state index contributed by atoms with van der Waals surface area (Å²) in [5.41, 5.74) is -0.0795. The van der Waals surface area contributed by atoms with Gasteiger partial charge in [-0.25, -0.2) is 9.78 Å². The summed E-state index contributed by atoms with van der Waals surface area (Å²) in [7, 11) is 0. The molecule has 0 spiro atoms. The van der Waals surface area contributed by atoms with Crippen LogP contribution in [0.1, 0.15) is 10.4 Å². The predicted molar refractivity (Wildman–Crippen MR) is 69.3 cm³/mol. The van der Waals surface area contributed by atoms with E-state index in [0.29, 0.717) is 15.6 Å². The molecule has 92 valence electrons. The lowest BCUT2D eigenvalue weighted by molar-refractivity contribution is 0.0970. The first-order valence-corrected chi connectivity index (χ1v) is 5.82. The molecule has 0 aliphatic heterocycles. The number of nitrogens with zero attached hydrogens (tertiary/aromatic N) is 2. The number of benzene rings is 1. The first-order valence-electron chi connectivity index (χ1n) is 5.07. The van der Waals surface area contributed by atoms with Crippen molar-refractivity contribution in [3.05, 3.63) is 62.8 Å². The third kappa shape index (κ3) is 2.97. The molecule has 2 rings (SSSR count). The highest BCUT2D eigenvalue weighted by atomic mass is 35.5. The van der Waals surface area contributed by atoms with Gasteiger partial charge in [0.15, 0.2) is 5.78 Å². The minimum absolute atomic E-state index is 0.118. The highest BCUT2D eigenvalue weighted by Crippen LogP contribution is 2.12. The van der Waals surface area contributed by atoms with Crippen LogP contribution in [0.25, 0.3) is 0 Å². The van der Waals surface area contributed by atoms with Crippen molar-refractivity contribution >= 4 is 29.0 Å². The number of Topliss-reactive ketones (excluding diaryl/α,β-unsaturated/α-hetero) is 1. The van der Waals surface area contributed by atoms with Crippen molar-refractivity contribution in [3.63, 3.8) is 0 Å². The summed E-state index contributed by atoms with van der Waals surface area (Å²) in [5.74, 6) is -0.233. The van der Waals surface area contributed by atoms with Gasteiger partial charge in [0.2, 0.25) is 0 Å². The van der Waals surface area contributed by atoms with Gasteiger partial charge >= 0.3 is 5.69 Å². The zero-order valence-electron chi connectivity index (χ0n) is 9.14. The Balaban J connectivity index is 2.27. The second-order valence-corrected chi connectivity index (χ2v) is 4.49. The summed E-state index contributed by atoms with van der Waals surface area (Å²) >= 11 is 11.5.